The summed E-state index contributed by atoms with van der Waals surface area (Å²) in [5, 5.41) is 12.9. The number of nitrogens with one attached hydrogen (secondary N) is 1. The minimum atomic E-state index is -0.434. The predicted octanol–water partition coefficient (Wildman–Crippen LogP) is 6.10. The summed E-state index contributed by atoms with van der Waals surface area (Å²) in [7, 11) is 0. The Bertz CT molecular complexity index is 1030. The summed E-state index contributed by atoms with van der Waals surface area (Å²) in [6, 6.07) is 13.9. The summed E-state index contributed by atoms with van der Waals surface area (Å²) in [5.74, 6) is 2.23. The lowest BCUT2D eigenvalue weighted by molar-refractivity contribution is 0.224. The Morgan fingerprint density at radius 2 is 2.07 bits per heavy atom. The second-order valence-electron chi connectivity index (χ2n) is 6.79. The summed E-state index contributed by atoms with van der Waals surface area (Å²) in [4.78, 5) is 4.69. The number of hydrogen-bond acceptors (Lipinski definition) is 7. The van der Waals surface area contributed by atoms with Crippen LogP contribution in [0.2, 0.25) is 0 Å². The van der Waals surface area contributed by atoms with Crippen LogP contribution >= 0.6 is 27.7 Å². The third kappa shape index (κ3) is 4.70. The van der Waals surface area contributed by atoms with Gasteiger partial charge >= 0.3 is 0 Å². The van der Waals surface area contributed by atoms with Gasteiger partial charge in [-0.05, 0) is 43.7 Å². The monoisotopic (exact) mass is 486 g/mol. The number of unbranched alkanes of at least 4 members (excludes halogenated alkanes) is 1. The molecule has 0 fully saturated rings. The lowest BCUT2D eigenvalue weighted by Gasteiger charge is -2.20. The summed E-state index contributed by atoms with van der Waals surface area (Å²) in [6.45, 7) is 4.75. The van der Waals surface area contributed by atoms with Crippen LogP contribution in [0, 0.1) is 0 Å². The van der Waals surface area contributed by atoms with E-state index < -0.39 is 6.23 Å². The molecule has 0 aliphatic carbocycles. The van der Waals surface area contributed by atoms with Crippen LogP contribution < -0.4 is 14.8 Å². The smallest absolute Gasteiger partial charge is 0.247 e. The first kappa shape index (κ1) is 20.9. The first-order valence-electron chi connectivity index (χ1n) is 10.0. The number of aromatic nitrogens is 3. The Morgan fingerprint density at radius 1 is 1.17 bits per heavy atom. The highest BCUT2D eigenvalue weighted by molar-refractivity contribution is 9.10. The van der Waals surface area contributed by atoms with Gasteiger partial charge in [0.25, 0.3) is 0 Å². The van der Waals surface area contributed by atoms with Crippen molar-refractivity contribution in [1.82, 2.24) is 15.2 Å². The van der Waals surface area contributed by atoms with Gasteiger partial charge in [0.2, 0.25) is 11.0 Å². The van der Waals surface area contributed by atoms with E-state index in [0.29, 0.717) is 23.3 Å². The van der Waals surface area contributed by atoms with Crippen LogP contribution in [0.3, 0.4) is 0 Å². The number of rotatable bonds is 7. The van der Waals surface area contributed by atoms with Crippen molar-refractivity contribution in [2.45, 2.75) is 38.1 Å². The maximum absolute atomic E-state index is 6.34. The van der Waals surface area contributed by atoms with Gasteiger partial charge in [-0.1, -0.05) is 53.2 Å². The molecule has 1 atom stereocenters. The van der Waals surface area contributed by atoms with Gasteiger partial charge in [0.1, 0.15) is 5.75 Å². The molecule has 0 saturated heterocycles. The van der Waals surface area contributed by atoms with Crippen molar-refractivity contribution in [2.75, 3.05) is 17.7 Å². The molecule has 0 bridgehead atoms. The predicted molar refractivity (Wildman–Crippen MR) is 123 cm³/mol. The Labute approximate surface area is 188 Å². The van der Waals surface area contributed by atoms with E-state index in [1.807, 2.05) is 49.4 Å². The second-order valence-corrected chi connectivity index (χ2v) is 8.77. The van der Waals surface area contributed by atoms with E-state index in [1.165, 1.54) is 0 Å². The van der Waals surface area contributed by atoms with E-state index in [-0.39, 0.29) is 0 Å². The molecule has 6 nitrogen and oxygen atoms in total. The molecule has 1 aliphatic heterocycles. The molecular weight excluding hydrogens is 464 g/mol. The summed E-state index contributed by atoms with van der Waals surface area (Å²) in [5.41, 5.74) is 3.38. The van der Waals surface area contributed by atoms with Crippen LogP contribution in [0.4, 0.5) is 5.69 Å². The van der Waals surface area contributed by atoms with Crippen molar-refractivity contribution in [3.63, 3.8) is 0 Å². The zero-order chi connectivity index (χ0) is 20.9. The molecule has 0 amide bonds. The fourth-order valence-electron chi connectivity index (χ4n) is 3.12. The van der Waals surface area contributed by atoms with Crippen LogP contribution in [0.15, 0.2) is 52.1 Å². The Kier molecular flexibility index (Phi) is 6.74. The van der Waals surface area contributed by atoms with Gasteiger partial charge in [0.05, 0.1) is 6.61 Å². The van der Waals surface area contributed by atoms with Crippen molar-refractivity contribution in [1.29, 1.82) is 0 Å². The Balaban J connectivity index is 1.74. The van der Waals surface area contributed by atoms with Gasteiger partial charge in [-0.15, -0.1) is 10.2 Å². The lowest BCUT2D eigenvalue weighted by Crippen LogP contribution is -2.17. The van der Waals surface area contributed by atoms with E-state index in [1.54, 1.807) is 11.8 Å². The maximum atomic E-state index is 6.34. The fraction of sp³-hybridized carbons (Fsp3) is 0.318. The summed E-state index contributed by atoms with van der Waals surface area (Å²) < 4.78 is 13.0. The van der Waals surface area contributed by atoms with Crippen LogP contribution in [0.5, 0.6) is 11.6 Å². The molecule has 0 saturated carbocycles. The van der Waals surface area contributed by atoms with Crippen molar-refractivity contribution in [2.24, 2.45) is 0 Å². The molecule has 8 heteroatoms. The zero-order valence-corrected chi connectivity index (χ0v) is 19.3. The van der Waals surface area contributed by atoms with E-state index in [9.17, 15) is 0 Å². The fourth-order valence-corrected chi connectivity index (χ4v) is 4.35. The number of fused-ring (bicyclic) bond motifs is 3. The van der Waals surface area contributed by atoms with E-state index in [0.717, 1.165) is 45.6 Å². The van der Waals surface area contributed by atoms with Gasteiger partial charge in [0, 0.05) is 27.0 Å². The third-order valence-electron chi connectivity index (χ3n) is 4.59. The van der Waals surface area contributed by atoms with Crippen molar-refractivity contribution in [3.8, 4) is 22.9 Å². The molecule has 30 heavy (non-hydrogen) atoms. The maximum Gasteiger partial charge on any atom is 0.247 e. The number of ether oxygens (including phenoxy) is 2. The first-order valence-corrected chi connectivity index (χ1v) is 11.8. The largest absolute Gasteiger partial charge is 0.494 e. The quantitative estimate of drug-likeness (QED) is 0.319. The molecule has 0 radical (unpaired) electrons. The Hall–Kier alpha value is -2.32. The minimum Gasteiger partial charge on any atom is -0.494 e. The normalized spacial score (nSPS) is 14.7. The first-order chi connectivity index (χ1) is 14.7. The molecule has 1 aromatic heterocycles. The number of nitrogens with zero attached hydrogens (tertiary/aromatic N) is 3. The second kappa shape index (κ2) is 9.66. The molecule has 4 rings (SSSR count). The summed E-state index contributed by atoms with van der Waals surface area (Å²) >= 11 is 5.15. The molecule has 3 aromatic rings. The molecule has 2 aromatic carbocycles. The van der Waals surface area contributed by atoms with Gasteiger partial charge in [-0.2, -0.15) is 4.98 Å². The molecule has 156 valence electrons. The van der Waals surface area contributed by atoms with Crippen molar-refractivity contribution in [3.05, 3.63) is 52.5 Å². The standard InChI is InChI=1S/C22H23BrN4O2S/c1-3-5-11-30-22-25-21-19(26-27-22)17-13-15(23)9-10-18(17)24-20(29-21)14-7-6-8-16(12-14)28-4-2/h6-10,12-13,20,24H,3-5,11H2,1-2H3/t20-/m0/s1. The molecule has 1 N–H and O–H groups in total. The van der Waals surface area contributed by atoms with Crippen LogP contribution in [-0.4, -0.2) is 27.5 Å². The third-order valence-corrected chi connectivity index (χ3v) is 6.01. The Morgan fingerprint density at radius 3 is 2.90 bits per heavy atom. The summed E-state index contributed by atoms with van der Waals surface area (Å²) in [6.07, 6.45) is 1.80. The highest BCUT2D eigenvalue weighted by atomic mass is 79.9. The average molecular weight is 487 g/mol. The highest BCUT2D eigenvalue weighted by Crippen LogP contribution is 2.41. The number of anilines is 1. The lowest BCUT2D eigenvalue weighted by atomic mass is 10.1. The minimum absolute atomic E-state index is 0.434. The molecular formula is C22H23BrN4O2S. The topological polar surface area (TPSA) is 69.2 Å². The van der Waals surface area contributed by atoms with Crippen molar-refractivity contribution < 1.29 is 9.47 Å². The van der Waals surface area contributed by atoms with Crippen LogP contribution in [-0.2, 0) is 0 Å². The zero-order valence-electron chi connectivity index (χ0n) is 16.9. The van der Waals surface area contributed by atoms with E-state index >= 15 is 0 Å². The number of halogens is 1. The van der Waals surface area contributed by atoms with Crippen molar-refractivity contribution >= 4 is 33.4 Å². The van der Waals surface area contributed by atoms with Crippen LogP contribution in [0.1, 0.15) is 38.5 Å². The van der Waals surface area contributed by atoms with Gasteiger partial charge in [-0.25, -0.2) is 0 Å². The van der Waals surface area contributed by atoms with Gasteiger partial charge in [-0.3, -0.25) is 0 Å². The average Bonchev–Trinajstić information content (AvgIpc) is 2.91. The molecule has 0 unspecified atom stereocenters. The van der Waals surface area contributed by atoms with Crippen LogP contribution in [0.25, 0.3) is 11.3 Å². The number of benzene rings is 2. The van der Waals surface area contributed by atoms with Gasteiger partial charge < -0.3 is 14.8 Å². The molecule has 0 spiro atoms. The number of hydrogen-bond donors (Lipinski definition) is 1. The number of thioether (sulfide) groups is 1. The highest BCUT2D eigenvalue weighted by Gasteiger charge is 2.26. The SMILES string of the molecule is CCCCSc1nnc2c(n1)O[C@@H](c1cccc(OCC)c1)Nc1ccc(Br)cc1-2. The van der Waals surface area contributed by atoms with Gasteiger partial charge in [0.15, 0.2) is 11.9 Å². The van der Waals surface area contributed by atoms with E-state index in [4.69, 9.17) is 9.47 Å². The molecule has 2 heterocycles. The van der Waals surface area contributed by atoms with E-state index in [2.05, 4.69) is 43.4 Å². The molecule has 1 aliphatic rings.